The van der Waals surface area contributed by atoms with Gasteiger partial charge in [-0.1, -0.05) is 12.1 Å². The van der Waals surface area contributed by atoms with E-state index in [1.807, 2.05) is 33.8 Å². The van der Waals surface area contributed by atoms with Crippen LogP contribution in [0, 0.1) is 6.92 Å². The molecule has 0 N–H and O–H groups in total. The summed E-state index contributed by atoms with van der Waals surface area (Å²) < 4.78 is 22.0. The summed E-state index contributed by atoms with van der Waals surface area (Å²) in [5.74, 6) is -0.705. The smallest absolute Gasteiger partial charge is 0.465 e. The van der Waals surface area contributed by atoms with Crippen molar-refractivity contribution in [3.8, 4) is 0 Å². The van der Waals surface area contributed by atoms with E-state index in [4.69, 9.17) is 13.7 Å². The first kappa shape index (κ1) is 17.7. The maximum atomic E-state index is 12.2. The van der Waals surface area contributed by atoms with Crippen molar-refractivity contribution >= 4 is 29.5 Å². The van der Waals surface area contributed by atoms with Gasteiger partial charge in [-0.25, -0.2) is 9.59 Å². The molecule has 0 atom stereocenters. The van der Waals surface area contributed by atoms with Gasteiger partial charge in [0, 0.05) is 5.39 Å². The van der Waals surface area contributed by atoms with Crippen LogP contribution in [0.5, 0.6) is 0 Å². The van der Waals surface area contributed by atoms with Gasteiger partial charge >= 0.3 is 18.7 Å². The molecule has 3 rings (SSSR count). The summed E-state index contributed by atoms with van der Waals surface area (Å²) in [7, 11) is 0.674. The molecule has 1 aliphatic heterocycles. The molecule has 0 spiro atoms. The molecule has 2 aromatic rings. The second kappa shape index (κ2) is 5.71. The van der Waals surface area contributed by atoms with Crippen LogP contribution in [-0.4, -0.2) is 31.4 Å². The molecule has 0 saturated carbocycles. The Hall–Kier alpha value is -2.12. The molecule has 7 heteroatoms. The molecular weight excluding hydrogens is 323 g/mol. The highest BCUT2D eigenvalue weighted by Gasteiger charge is 2.51. The molecule has 25 heavy (non-hydrogen) atoms. The summed E-state index contributed by atoms with van der Waals surface area (Å²) in [4.78, 5) is 24.0. The summed E-state index contributed by atoms with van der Waals surface area (Å²) in [5, 5.41) is 0.667. The van der Waals surface area contributed by atoms with E-state index < -0.39 is 29.9 Å². The van der Waals surface area contributed by atoms with E-state index in [-0.39, 0.29) is 5.56 Å². The van der Waals surface area contributed by atoms with Gasteiger partial charge in [0.15, 0.2) is 0 Å². The fourth-order valence-corrected chi connectivity index (χ4v) is 2.84. The second-order valence-electron chi connectivity index (χ2n) is 7.22. The van der Waals surface area contributed by atoms with E-state index in [0.29, 0.717) is 16.5 Å². The molecule has 0 radical (unpaired) electrons. The number of methoxy groups -OCH3 is 1. The number of carbonyl (C=O) groups is 1. The van der Waals surface area contributed by atoms with Crippen LogP contribution in [0.2, 0.25) is 0 Å². The number of aryl methyl sites for hydroxylation is 1. The van der Waals surface area contributed by atoms with Gasteiger partial charge < -0.3 is 18.5 Å². The maximum Gasteiger partial charge on any atom is 0.494 e. The fraction of sp³-hybridized carbons (Fsp3) is 0.444. The number of carbonyl (C=O) groups excluding carboxylic acids is 1. The standard InChI is InChI=1S/C18H21BO6/c1-10-12-8-7-11(19-24-17(2,3)18(4,5)25-19)9-13(12)23-16(21)14(10)15(20)22-6/h7-9H,1-6H3. The third-order valence-electron chi connectivity index (χ3n) is 5.11. The van der Waals surface area contributed by atoms with Crippen LogP contribution in [0.3, 0.4) is 0 Å². The van der Waals surface area contributed by atoms with Gasteiger partial charge in [-0.3, -0.25) is 0 Å². The van der Waals surface area contributed by atoms with Gasteiger partial charge in [-0.15, -0.1) is 0 Å². The highest BCUT2D eigenvalue weighted by Crippen LogP contribution is 2.36. The topological polar surface area (TPSA) is 75.0 Å². The van der Waals surface area contributed by atoms with E-state index in [2.05, 4.69) is 4.74 Å². The second-order valence-corrected chi connectivity index (χ2v) is 7.22. The SMILES string of the molecule is COC(=O)c1c(C)c2ccc(B3OC(C)(C)C(C)(C)O3)cc2oc1=O. The van der Waals surface area contributed by atoms with E-state index >= 15 is 0 Å². The number of esters is 1. The molecule has 6 nitrogen and oxygen atoms in total. The molecule has 0 bridgehead atoms. The summed E-state index contributed by atoms with van der Waals surface area (Å²) >= 11 is 0. The monoisotopic (exact) mass is 344 g/mol. The van der Waals surface area contributed by atoms with E-state index in [1.165, 1.54) is 7.11 Å². The minimum atomic E-state index is -0.720. The number of benzene rings is 1. The Labute approximate surface area is 146 Å². The molecule has 1 aromatic carbocycles. The summed E-state index contributed by atoms with van der Waals surface area (Å²) in [6.07, 6.45) is 0. The van der Waals surface area contributed by atoms with Crippen molar-refractivity contribution in [1.29, 1.82) is 0 Å². The van der Waals surface area contributed by atoms with Crippen molar-refractivity contribution in [3.05, 3.63) is 39.7 Å². The average Bonchev–Trinajstić information content (AvgIpc) is 2.74. The molecular formula is C18H21BO6. The van der Waals surface area contributed by atoms with Crippen LogP contribution in [0.1, 0.15) is 43.6 Å². The zero-order chi connectivity index (χ0) is 18.6. The number of hydrogen-bond donors (Lipinski definition) is 0. The molecule has 0 amide bonds. The quantitative estimate of drug-likeness (QED) is 0.472. The van der Waals surface area contributed by atoms with E-state index in [9.17, 15) is 9.59 Å². The van der Waals surface area contributed by atoms with Crippen LogP contribution in [0.25, 0.3) is 11.0 Å². The minimum Gasteiger partial charge on any atom is -0.465 e. The Morgan fingerprint density at radius 2 is 1.72 bits per heavy atom. The maximum absolute atomic E-state index is 12.2. The summed E-state index contributed by atoms with van der Waals surface area (Å²) in [5.41, 5.74) is -0.0716. The normalized spacial score (nSPS) is 18.6. The third kappa shape index (κ3) is 2.77. The van der Waals surface area contributed by atoms with Crippen molar-refractivity contribution in [2.75, 3.05) is 7.11 Å². The van der Waals surface area contributed by atoms with E-state index in [1.54, 1.807) is 19.1 Å². The van der Waals surface area contributed by atoms with E-state index in [0.717, 1.165) is 5.46 Å². The Balaban J connectivity index is 2.08. The highest BCUT2D eigenvalue weighted by molar-refractivity contribution is 6.62. The molecule has 0 aliphatic carbocycles. The number of hydrogen-bond acceptors (Lipinski definition) is 6. The Kier molecular flexibility index (Phi) is 4.04. The molecule has 2 heterocycles. The molecule has 1 aliphatic rings. The molecule has 1 saturated heterocycles. The van der Waals surface area contributed by atoms with Crippen molar-refractivity contribution in [1.82, 2.24) is 0 Å². The van der Waals surface area contributed by atoms with Crippen LogP contribution in [0.4, 0.5) is 0 Å². The molecule has 0 unspecified atom stereocenters. The van der Waals surface area contributed by atoms with Crippen LogP contribution < -0.4 is 11.1 Å². The zero-order valence-electron chi connectivity index (χ0n) is 15.3. The molecule has 1 fully saturated rings. The van der Waals surface area contributed by atoms with Crippen LogP contribution in [0.15, 0.2) is 27.4 Å². The van der Waals surface area contributed by atoms with Gasteiger partial charge in [0.2, 0.25) is 0 Å². The van der Waals surface area contributed by atoms with Crippen LogP contribution in [-0.2, 0) is 14.0 Å². The lowest BCUT2D eigenvalue weighted by atomic mass is 9.78. The lowest BCUT2D eigenvalue weighted by Gasteiger charge is -2.32. The Morgan fingerprint density at radius 1 is 1.12 bits per heavy atom. The highest BCUT2D eigenvalue weighted by atomic mass is 16.7. The number of ether oxygens (including phenoxy) is 1. The Morgan fingerprint density at radius 3 is 2.28 bits per heavy atom. The largest absolute Gasteiger partial charge is 0.494 e. The van der Waals surface area contributed by atoms with Gasteiger partial charge in [0.1, 0.15) is 11.1 Å². The van der Waals surface area contributed by atoms with Gasteiger partial charge in [-0.2, -0.15) is 0 Å². The van der Waals surface area contributed by atoms with Crippen molar-refractivity contribution < 1.29 is 23.3 Å². The molecule has 132 valence electrons. The number of rotatable bonds is 2. The van der Waals surface area contributed by atoms with Gasteiger partial charge in [0.05, 0.1) is 18.3 Å². The lowest BCUT2D eigenvalue weighted by molar-refractivity contribution is 0.00578. The van der Waals surface area contributed by atoms with Crippen LogP contribution >= 0.6 is 0 Å². The zero-order valence-corrected chi connectivity index (χ0v) is 15.3. The fourth-order valence-electron chi connectivity index (χ4n) is 2.84. The first-order chi connectivity index (χ1) is 11.6. The summed E-state index contributed by atoms with van der Waals surface area (Å²) in [6, 6.07) is 5.35. The lowest BCUT2D eigenvalue weighted by Crippen LogP contribution is -2.41. The Bertz CT molecular complexity index is 896. The summed E-state index contributed by atoms with van der Waals surface area (Å²) in [6.45, 7) is 9.59. The van der Waals surface area contributed by atoms with Crippen molar-refractivity contribution in [2.45, 2.75) is 45.8 Å². The van der Waals surface area contributed by atoms with Gasteiger partial charge in [0.25, 0.3) is 0 Å². The first-order valence-corrected chi connectivity index (χ1v) is 8.09. The van der Waals surface area contributed by atoms with Crippen molar-refractivity contribution in [3.63, 3.8) is 0 Å². The predicted molar refractivity (Wildman–Crippen MR) is 94.3 cm³/mol. The minimum absolute atomic E-state index is 0.0848. The van der Waals surface area contributed by atoms with Gasteiger partial charge in [-0.05, 0) is 51.7 Å². The number of fused-ring (bicyclic) bond motifs is 1. The average molecular weight is 344 g/mol. The third-order valence-corrected chi connectivity index (χ3v) is 5.11. The predicted octanol–water partition coefficient (Wildman–Crippen LogP) is 2.19. The first-order valence-electron chi connectivity index (χ1n) is 8.09. The van der Waals surface area contributed by atoms with Crippen molar-refractivity contribution in [2.24, 2.45) is 0 Å². The molecule has 1 aromatic heterocycles.